The molecule has 1 aromatic carbocycles. The van der Waals surface area contributed by atoms with Gasteiger partial charge in [-0.05, 0) is 40.2 Å². The molecule has 5 heteroatoms. The Balaban J connectivity index is 2.24. The highest BCUT2D eigenvalue weighted by atomic mass is 16.7. The van der Waals surface area contributed by atoms with Gasteiger partial charge < -0.3 is 10.0 Å². The van der Waals surface area contributed by atoms with Crippen molar-refractivity contribution in [2.24, 2.45) is 0 Å². The van der Waals surface area contributed by atoms with Crippen LogP contribution in [0.5, 0.6) is 0 Å². The Kier molecular flexibility index (Phi) is 5.14. The van der Waals surface area contributed by atoms with E-state index in [1.165, 1.54) is 0 Å². The fraction of sp³-hybridized carbons (Fsp3) is 0.611. The van der Waals surface area contributed by atoms with Crippen LogP contribution in [0.15, 0.2) is 30.3 Å². The van der Waals surface area contributed by atoms with Crippen molar-refractivity contribution in [3.05, 3.63) is 35.9 Å². The molecular weight excluding hydrogens is 292 g/mol. The molecule has 1 amide bonds. The SMILES string of the molecule is CC(ON1C(C)(C)CN(CCO)C(=O)C1(C)C)c1ccccc1. The van der Waals surface area contributed by atoms with Crippen molar-refractivity contribution in [3.8, 4) is 0 Å². The zero-order valence-corrected chi connectivity index (χ0v) is 14.7. The summed E-state index contributed by atoms with van der Waals surface area (Å²) >= 11 is 0. The van der Waals surface area contributed by atoms with Gasteiger partial charge in [-0.25, -0.2) is 0 Å². The second-order valence-electron chi connectivity index (χ2n) is 7.27. The van der Waals surface area contributed by atoms with E-state index in [-0.39, 0.29) is 24.2 Å². The molecule has 1 atom stereocenters. The van der Waals surface area contributed by atoms with Crippen LogP contribution in [0.2, 0.25) is 0 Å². The normalized spacial score (nSPS) is 22.2. The first-order chi connectivity index (χ1) is 10.7. The van der Waals surface area contributed by atoms with E-state index in [4.69, 9.17) is 4.84 Å². The van der Waals surface area contributed by atoms with Gasteiger partial charge in [-0.1, -0.05) is 30.3 Å². The molecule has 0 radical (unpaired) electrons. The molecule has 2 rings (SSSR count). The number of hydrogen-bond acceptors (Lipinski definition) is 4. The lowest BCUT2D eigenvalue weighted by Gasteiger charge is -2.54. The van der Waals surface area contributed by atoms with E-state index in [0.717, 1.165) is 5.56 Å². The highest BCUT2D eigenvalue weighted by molar-refractivity contribution is 5.86. The van der Waals surface area contributed by atoms with Gasteiger partial charge in [-0.15, -0.1) is 0 Å². The zero-order valence-electron chi connectivity index (χ0n) is 14.7. The third-order valence-corrected chi connectivity index (χ3v) is 4.35. The molecular formula is C18H28N2O3. The first-order valence-corrected chi connectivity index (χ1v) is 8.12. The number of nitrogens with zero attached hydrogens (tertiary/aromatic N) is 2. The van der Waals surface area contributed by atoms with Gasteiger partial charge in [-0.3, -0.25) is 9.63 Å². The summed E-state index contributed by atoms with van der Waals surface area (Å²) in [5.74, 6) is -0.0221. The maximum Gasteiger partial charge on any atom is 0.245 e. The van der Waals surface area contributed by atoms with Crippen molar-refractivity contribution in [2.75, 3.05) is 19.7 Å². The van der Waals surface area contributed by atoms with E-state index >= 15 is 0 Å². The molecule has 1 aliphatic rings. The summed E-state index contributed by atoms with van der Waals surface area (Å²) in [6, 6.07) is 9.98. The van der Waals surface area contributed by atoms with Gasteiger partial charge >= 0.3 is 0 Å². The number of β-amino-alcohol motifs (C(OH)–C–C–N with tert-alkyl or cyclic N) is 1. The van der Waals surface area contributed by atoms with Crippen molar-refractivity contribution in [1.29, 1.82) is 0 Å². The fourth-order valence-corrected chi connectivity index (χ4v) is 3.35. The second-order valence-corrected chi connectivity index (χ2v) is 7.27. The minimum Gasteiger partial charge on any atom is -0.395 e. The molecule has 1 aromatic rings. The molecule has 1 heterocycles. The second kappa shape index (κ2) is 6.59. The van der Waals surface area contributed by atoms with E-state index < -0.39 is 5.54 Å². The molecule has 1 saturated heterocycles. The lowest BCUT2D eigenvalue weighted by atomic mass is 9.89. The molecule has 1 fully saturated rings. The van der Waals surface area contributed by atoms with Crippen LogP contribution in [0.3, 0.4) is 0 Å². The standard InChI is InChI=1S/C18H28N2O3/c1-14(15-9-7-6-8-10-15)23-20-17(2,3)13-19(11-12-21)16(22)18(20,4)5/h6-10,14,21H,11-13H2,1-5H3. The number of carbonyl (C=O) groups excluding carboxylic acids is 1. The number of rotatable bonds is 5. The third kappa shape index (κ3) is 3.57. The maximum absolute atomic E-state index is 12.7. The summed E-state index contributed by atoms with van der Waals surface area (Å²) in [4.78, 5) is 20.7. The highest BCUT2D eigenvalue weighted by Crippen LogP contribution is 2.36. The zero-order chi connectivity index (χ0) is 17.3. The van der Waals surface area contributed by atoms with Crippen LogP contribution < -0.4 is 0 Å². The summed E-state index contributed by atoms with van der Waals surface area (Å²) in [7, 11) is 0. The number of benzene rings is 1. The van der Waals surface area contributed by atoms with Crippen LogP contribution >= 0.6 is 0 Å². The van der Waals surface area contributed by atoms with Crippen LogP contribution in [-0.2, 0) is 9.63 Å². The van der Waals surface area contributed by atoms with Gasteiger partial charge in [0.25, 0.3) is 0 Å². The van der Waals surface area contributed by atoms with Crippen molar-refractivity contribution < 1.29 is 14.7 Å². The molecule has 0 spiro atoms. The molecule has 0 aliphatic carbocycles. The van der Waals surface area contributed by atoms with E-state index in [9.17, 15) is 9.90 Å². The summed E-state index contributed by atoms with van der Waals surface area (Å²) in [5.41, 5.74) is -0.0698. The minimum atomic E-state index is -0.792. The maximum atomic E-state index is 12.7. The molecule has 0 bridgehead atoms. The lowest BCUT2D eigenvalue weighted by Crippen LogP contribution is -2.71. The lowest BCUT2D eigenvalue weighted by molar-refractivity contribution is -0.300. The summed E-state index contributed by atoms with van der Waals surface area (Å²) in [5, 5.41) is 11.0. The Labute approximate surface area is 138 Å². The molecule has 0 saturated carbocycles. The summed E-state index contributed by atoms with van der Waals surface area (Å²) in [6.07, 6.45) is -0.146. The van der Waals surface area contributed by atoms with E-state index in [0.29, 0.717) is 13.1 Å². The van der Waals surface area contributed by atoms with Gasteiger partial charge in [0.05, 0.1) is 12.1 Å². The van der Waals surface area contributed by atoms with Crippen molar-refractivity contribution in [3.63, 3.8) is 0 Å². The summed E-state index contributed by atoms with van der Waals surface area (Å²) < 4.78 is 0. The van der Waals surface area contributed by atoms with Crippen molar-refractivity contribution in [2.45, 2.75) is 51.8 Å². The van der Waals surface area contributed by atoms with Crippen molar-refractivity contribution >= 4 is 5.91 Å². The Morgan fingerprint density at radius 2 is 1.83 bits per heavy atom. The third-order valence-electron chi connectivity index (χ3n) is 4.35. The van der Waals surface area contributed by atoms with Gasteiger partial charge in [0.2, 0.25) is 5.91 Å². The van der Waals surface area contributed by atoms with Crippen LogP contribution in [0.1, 0.15) is 46.3 Å². The largest absolute Gasteiger partial charge is 0.395 e. The summed E-state index contributed by atoms with van der Waals surface area (Å²) in [6.45, 7) is 10.7. The fourth-order valence-electron chi connectivity index (χ4n) is 3.35. The van der Waals surface area contributed by atoms with E-state index in [2.05, 4.69) is 13.8 Å². The Hall–Kier alpha value is -1.43. The first-order valence-electron chi connectivity index (χ1n) is 8.12. The molecule has 0 aromatic heterocycles. The number of amides is 1. The molecule has 1 unspecified atom stereocenters. The van der Waals surface area contributed by atoms with Crippen LogP contribution in [0.4, 0.5) is 0 Å². The molecule has 5 nitrogen and oxygen atoms in total. The monoisotopic (exact) mass is 320 g/mol. The van der Waals surface area contributed by atoms with Crippen LogP contribution in [-0.4, -0.2) is 51.8 Å². The average Bonchev–Trinajstić information content (AvgIpc) is 2.50. The first kappa shape index (κ1) is 17.9. The quantitative estimate of drug-likeness (QED) is 0.905. The average molecular weight is 320 g/mol. The van der Waals surface area contributed by atoms with Gasteiger partial charge in [0.15, 0.2) is 0 Å². The van der Waals surface area contributed by atoms with Crippen molar-refractivity contribution in [1.82, 2.24) is 9.96 Å². The Morgan fingerprint density at radius 3 is 2.39 bits per heavy atom. The highest BCUT2D eigenvalue weighted by Gasteiger charge is 2.51. The number of hydroxylamine groups is 2. The van der Waals surface area contributed by atoms with Gasteiger partial charge in [-0.2, -0.15) is 5.06 Å². The Bertz CT molecular complexity index is 542. The molecule has 1 N–H and O–H groups in total. The molecule has 128 valence electrons. The number of hydrogen-bond donors (Lipinski definition) is 1. The molecule has 1 aliphatic heterocycles. The number of aliphatic hydroxyl groups excluding tert-OH is 1. The van der Waals surface area contributed by atoms with Gasteiger partial charge in [0.1, 0.15) is 11.6 Å². The Morgan fingerprint density at radius 1 is 1.22 bits per heavy atom. The number of aliphatic hydroxyl groups is 1. The van der Waals surface area contributed by atoms with Gasteiger partial charge in [0, 0.05) is 13.1 Å². The van der Waals surface area contributed by atoms with Crippen LogP contribution in [0.25, 0.3) is 0 Å². The minimum absolute atomic E-state index is 0.0221. The van der Waals surface area contributed by atoms with Crippen LogP contribution in [0, 0.1) is 0 Å². The number of carbonyl (C=O) groups is 1. The smallest absolute Gasteiger partial charge is 0.245 e. The predicted molar refractivity (Wildman–Crippen MR) is 89.6 cm³/mol. The van der Waals surface area contributed by atoms with E-state index in [1.807, 2.05) is 56.2 Å². The number of piperazine rings is 1. The molecule has 23 heavy (non-hydrogen) atoms. The predicted octanol–water partition coefficient (Wildman–Crippen LogP) is 2.37. The topological polar surface area (TPSA) is 53.0 Å². The van der Waals surface area contributed by atoms with E-state index in [1.54, 1.807) is 4.90 Å².